The molecule has 0 aromatic heterocycles. The molecule has 0 spiro atoms. The van der Waals surface area contributed by atoms with Gasteiger partial charge in [0, 0.05) is 6.26 Å². The van der Waals surface area contributed by atoms with E-state index in [1.807, 2.05) is 0 Å². The second-order valence-corrected chi connectivity index (χ2v) is 2.43. The van der Waals surface area contributed by atoms with E-state index in [0.717, 1.165) is 0 Å². The maximum Gasteiger partial charge on any atom is 0.0944 e. The van der Waals surface area contributed by atoms with Gasteiger partial charge in [-0.05, 0) is 12.0 Å². The van der Waals surface area contributed by atoms with Crippen LogP contribution in [0, 0.1) is 0 Å². The van der Waals surface area contributed by atoms with Crippen LogP contribution in [0.15, 0.2) is 0 Å². The first-order valence-corrected chi connectivity index (χ1v) is 4.07. The first-order chi connectivity index (χ1) is 4.72. The van der Waals surface area contributed by atoms with Crippen LogP contribution < -0.4 is 5.73 Å². The summed E-state index contributed by atoms with van der Waals surface area (Å²) in [5.41, 5.74) is 5.37. The Labute approximate surface area is 64.6 Å². The summed E-state index contributed by atoms with van der Waals surface area (Å²) in [6.45, 7) is -0.0677. The molecule has 0 aromatic rings. The van der Waals surface area contributed by atoms with Crippen LogP contribution in [0.4, 0.5) is 0 Å². The summed E-state index contributed by atoms with van der Waals surface area (Å²) in [6, 6.07) is -0.502. The monoisotopic (exact) mass is 167 g/mol. The molecule has 5 heteroatoms. The summed E-state index contributed by atoms with van der Waals surface area (Å²) in [7, 11) is 0. The molecule has 0 saturated heterocycles. The topological polar surface area (TPSA) is 75.7 Å². The Morgan fingerprint density at radius 1 is 1.70 bits per heavy atom. The quantitative estimate of drug-likeness (QED) is 0.456. The molecule has 62 valence electrons. The van der Waals surface area contributed by atoms with Crippen LogP contribution in [-0.2, 0) is 4.18 Å². The number of hydrogen-bond donors (Lipinski definition) is 3. The summed E-state index contributed by atoms with van der Waals surface area (Å²) < 4.78 is 4.84. The summed E-state index contributed by atoms with van der Waals surface area (Å²) in [5, 5.41) is 17.3. The minimum atomic E-state index is -0.882. The van der Waals surface area contributed by atoms with Crippen molar-refractivity contribution in [2.75, 3.05) is 19.5 Å². The Balaban J connectivity index is 3.31. The maximum atomic E-state index is 8.89. The number of rotatable bonds is 5. The molecule has 0 aliphatic carbocycles. The fourth-order valence-corrected chi connectivity index (χ4v) is 0.686. The van der Waals surface area contributed by atoms with Crippen molar-refractivity contribution < 1.29 is 14.4 Å². The highest BCUT2D eigenvalue weighted by atomic mass is 32.2. The van der Waals surface area contributed by atoms with E-state index < -0.39 is 12.1 Å². The number of nitrogens with two attached hydrogens (primary N) is 1. The van der Waals surface area contributed by atoms with Gasteiger partial charge in [0.05, 0.1) is 25.4 Å². The average Bonchev–Trinajstić information content (AvgIpc) is 1.98. The lowest BCUT2D eigenvalue weighted by Crippen LogP contribution is -2.40. The van der Waals surface area contributed by atoms with Crippen LogP contribution >= 0.6 is 12.0 Å². The Morgan fingerprint density at radius 3 is 2.70 bits per heavy atom. The molecule has 0 amide bonds. The Hall–Kier alpha value is 0.190. The van der Waals surface area contributed by atoms with Gasteiger partial charge in [-0.15, -0.1) is 0 Å². The molecule has 0 fully saturated rings. The molecule has 10 heavy (non-hydrogen) atoms. The molecule has 0 aromatic carbocycles. The van der Waals surface area contributed by atoms with Crippen molar-refractivity contribution in [1.29, 1.82) is 0 Å². The normalized spacial score (nSPS) is 16.8. The van der Waals surface area contributed by atoms with E-state index in [9.17, 15) is 0 Å². The zero-order valence-corrected chi connectivity index (χ0v) is 6.67. The van der Waals surface area contributed by atoms with Crippen molar-refractivity contribution in [3.63, 3.8) is 0 Å². The van der Waals surface area contributed by atoms with Gasteiger partial charge in [-0.1, -0.05) is 0 Å². The van der Waals surface area contributed by atoms with Crippen LogP contribution in [0.3, 0.4) is 0 Å². The lowest BCUT2D eigenvalue weighted by atomic mass is 10.2. The lowest BCUT2D eigenvalue weighted by Gasteiger charge is -2.14. The van der Waals surface area contributed by atoms with Gasteiger partial charge in [-0.25, -0.2) is 0 Å². The van der Waals surface area contributed by atoms with E-state index in [2.05, 4.69) is 0 Å². The third kappa shape index (κ3) is 4.08. The van der Waals surface area contributed by atoms with Crippen molar-refractivity contribution in [3.05, 3.63) is 0 Å². The highest BCUT2D eigenvalue weighted by molar-refractivity contribution is 7.93. The van der Waals surface area contributed by atoms with E-state index in [0.29, 0.717) is 0 Å². The van der Waals surface area contributed by atoms with Gasteiger partial charge in [-0.3, -0.25) is 0 Å². The number of aliphatic hydroxyl groups excluding tert-OH is 2. The predicted molar refractivity (Wildman–Crippen MR) is 40.5 cm³/mol. The van der Waals surface area contributed by atoms with Gasteiger partial charge in [-0.2, -0.15) is 0 Å². The Kier molecular flexibility index (Phi) is 6.05. The van der Waals surface area contributed by atoms with Crippen molar-refractivity contribution in [3.8, 4) is 0 Å². The minimum Gasteiger partial charge on any atom is -0.394 e. The second kappa shape index (κ2) is 5.94. The van der Waals surface area contributed by atoms with Gasteiger partial charge in [0.2, 0.25) is 0 Å². The molecule has 0 aliphatic heterocycles. The molecular formula is C5H13NO3S. The maximum absolute atomic E-state index is 8.89. The van der Waals surface area contributed by atoms with Crippen molar-refractivity contribution in [1.82, 2.24) is 0 Å². The van der Waals surface area contributed by atoms with Gasteiger partial charge in [0.25, 0.3) is 0 Å². The summed E-state index contributed by atoms with van der Waals surface area (Å²) >= 11 is 1.19. The number of hydrogen-bond acceptors (Lipinski definition) is 5. The van der Waals surface area contributed by atoms with E-state index >= 15 is 0 Å². The standard InChI is InChI=1S/C5H13NO3S/c1-10-9-3-4(6)5(8)2-7/h4-5,7-8H,2-3,6H2,1H3. The Morgan fingerprint density at radius 2 is 2.30 bits per heavy atom. The minimum absolute atomic E-state index is 0.253. The fraction of sp³-hybridized carbons (Fsp3) is 1.00. The summed E-state index contributed by atoms with van der Waals surface area (Å²) in [4.78, 5) is 0. The lowest BCUT2D eigenvalue weighted by molar-refractivity contribution is 0.0617. The van der Waals surface area contributed by atoms with Gasteiger partial charge < -0.3 is 20.1 Å². The first kappa shape index (κ1) is 10.2. The molecule has 4 N–H and O–H groups in total. The molecule has 0 radical (unpaired) electrons. The van der Waals surface area contributed by atoms with Crippen molar-refractivity contribution in [2.45, 2.75) is 12.1 Å². The third-order valence-electron chi connectivity index (χ3n) is 1.06. The highest BCUT2D eigenvalue weighted by Gasteiger charge is 2.12. The molecular weight excluding hydrogens is 154 g/mol. The number of aliphatic hydroxyl groups is 2. The van der Waals surface area contributed by atoms with Crippen LogP contribution in [-0.4, -0.2) is 41.8 Å². The zero-order chi connectivity index (χ0) is 7.98. The fourth-order valence-electron chi connectivity index (χ4n) is 0.393. The van der Waals surface area contributed by atoms with Crippen LogP contribution in [0.25, 0.3) is 0 Å². The molecule has 0 aliphatic rings. The van der Waals surface area contributed by atoms with Gasteiger partial charge in [0.15, 0.2) is 0 Å². The SMILES string of the molecule is CSOCC(N)C(O)CO. The molecule has 0 saturated carbocycles. The second-order valence-electron chi connectivity index (χ2n) is 1.86. The van der Waals surface area contributed by atoms with E-state index in [1.54, 1.807) is 6.26 Å². The molecule has 2 atom stereocenters. The average molecular weight is 167 g/mol. The van der Waals surface area contributed by atoms with Crippen molar-refractivity contribution >= 4 is 12.0 Å². The molecule has 4 nitrogen and oxygen atoms in total. The van der Waals surface area contributed by atoms with E-state index in [1.165, 1.54) is 12.0 Å². The predicted octanol–water partition coefficient (Wildman–Crippen LogP) is -1.04. The summed E-state index contributed by atoms with van der Waals surface area (Å²) in [5.74, 6) is 0. The molecule has 0 bridgehead atoms. The first-order valence-electron chi connectivity index (χ1n) is 2.92. The molecule has 0 rings (SSSR count). The van der Waals surface area contributed by atoms with Crippen LogP contribution in [0.5, 0.6) is 0 Å². The van der Waals surface area contributed by atoms with Crippen molar-refractivity contribution in [2.24, 2.45) is 5.73 Å². The highest BCUT2D eigenvalue weighted by Crippen LogP contribution is 1.97. The van der Waals surface area contributed by atoms with Gasteiger partial charge >= 0.3 is 0 Å². The van der Waals surface area contributed by atoms with E-state index in [4.69, 9.17) is 20.1 Å². The third-order valence-corrected chi connectivity index (χ3v) is 1.43. The van der Waals surface area contributed by atoms with Crippen LogP contribution in [0.2, 0.25) is 0 Å². The Bertz CT molecular complexity index is 83.3. The molecule has 0 heterocycles. The van der Waals surface area contributed by atoms with Gasteiger partial charge in [0.1, 0.15) is 0 Å². The van der Waals surface area contributed by atoms with E-state index in [-0.39, 0.29) is 13.2 Å². The summed E-state index contributed by atoms with van der Waals surface area (Å²) in [6.07, 6.45) is 0.880. The zero-order valence-electron chi connectivity index (χ0n) is 5.86. The largest absolute Gasteiger partial charge is 0.394 e. The van der Waals surface area contributed by atoms with Crippen LogP contribution in [0.1, 0.15) is 0 Å². The smallest absolute Gasteiger partial charge is 0.0944 e. The molecule has 2 unspecified atom stereocenters.